The van der Waals surface area contributed by atoms with E-state index in [0.29, 0.717) is 78.4 Å². The normalized spacial score (nSPS) is 17.3. The largest absolute Gasteiger partial charge is 0.491 e. The molecule has 2 unspecified atom stereocenters. The van der Waals surface area contributed by atoms with Gasteiger partial charge in [0.2, 0.25) is 17.7 Å². The Morgan fingerprint density at radius 1 is 0.847 bits per heavy atom. The van der Waals surface area contributed by atoms with Gasteiger partial charge in [0.15, 0.2) is 0 Å². The van der Waals surface area contributed by atoms with Crippen molar-refractivity contribution in [3.63, 3.8) is 0 Å². The number of nitrogens with one attached hydrogen (secondary N) is 2. The first-order valence-electron chi connectivity index (χ1n) is 20.6. The molecule has 0 bridgehead atoms. The van der Waals surface area contributed by atoms with Gasteiger partial charge in [-0.3, -0.25) is 19.3 Å². The highest BCUT2D eigenvalue weighted by Gasteiger charge is 2.43. The van der Waals surface area contributed by atoms with E-state index in [4.69, 9.17) is 34.2 Å². The minimum atomic E-state index is -1.27. The molecule has 0 radical (unpaired) electrons. The molecule has 0 aromatic heterocycles. The van der Waals surface area contributed by atoms with Gasteiger partial charge in [-0.15, -0.1) is 0 Å². The van der Waals surface area contributed by atoms with E-state index in [1.807, 2.05) is 57.2 Å². The van der Waals surface area contributed by atoms with Crippen LogP contribution >= 0.6 is 0 Å². The molecule has 4 amide bonds. The number of hydrogen-bond donors (Lipinski definition) is 4. The second kappa shape index (κ2) is 24.1. The summed E-state index contributed by atoms with van der Waals surface area (Å²) in [6.45, 7) is 12.3. The zero-order chi connectivity index (χ0) is 42.8. The van der Waals surface area contributed by atoms with Gasteiger partial charge in [0.25, 0.3) is 0 Å². The maximum Gasteiger partial charge on any atom is 0.407 e. The Morgan fingerprint density at radius 3 is 2.03 bits per heavy atom. The number of likely N-dealkylation sites (N-methyl/N-ethyl adjacent to an activating group) is 1. The van der Waals surface area contributed by atoms with Crippen LogP contribution in [-0.4, -0.2) is 143 Å². The van der Waals surface area contributed by atoms with Crippen molar-refractivity contribution >= 4 is 23.8 Å². The van der Waals surface area contributed by atoms with Gasteiger partial charge in [-0.25, -0.2) is 4.79 Å². The highest BCUT2D eigenvalue weighted by Crippen LogP contribution is 2.33. The molecule has 2 aliphatic rings. The summed E-state index contributed by atoms with van der Waals surface area (Å²) in [5.41, 5.74) is 8.61. The number of carbonyl (C=O) groups is 4. The lowest BCUT2D eigenvalue weighted by Crippen LogP contribution is -2.62. The molecular formula is C43H65N5O11. The van der Waals surface area contributed by atoms with Crippen molar-refractivity contribution in [2.75, 3.05) is 86.3 Å². The molecule has 59 heavy (non-hydrogen) atoms. The first-order valence-corrected chi connectivity index (χ1v) is 20.6. The predicted octanol–water partition coefficient (Wildman–Crippen LogP) is 3.08. The van der Waals surface area contributed by atoms with Crippen molar-refractivity contribution in [3.05, 3.63) is 64.7 Å². The highest BCUT2D eigenvalue weighted by atomic mass is 16.6. The van der Waals surface area contributed by atoms with E-state index in [0.717, 1.165) is 40.9 Å². The topological polar surface area (TPSA) is 200 Å². The van der Waals surface area contributed by atoms with Gasteiger partial charge < -0.3 is 54.8 Å². The van der Waals surface area contributed by atoms with Gasteiger partial charge in [0, 0.05) is 26.6 Å². The maximum absolute atomic E-state index is 14.7. The predicted molar refractivity (Wildman–Crippen MR) is 220 cm³/mol. The summed E-state index contributed by atoms with van der Waals surface area (Å²) < 4.78 is 33.4. The number of carboxylic acid groups (broad SMARTS) is 1. The lowest BCUT2D eigenvalue weighted by Gasteiger charge is -2.42. The third-order valence-electron chi connectivity index (χ3n) is 10.5. The zero-order valence-corrected chi connectivity index (χ0v) is 35.4. The van der Waals surface area contributed by atoms with Gasteiger partial charge in [-0.2, -0.15) is 0 Å². The van der Waals surface area contributed by atoms with E-state index in [2.05, 4.69) is 16.7 Å². The molecule has 0 saturated heterocycles. The van der Waals surface area contributed by atoms with Crippen LogP contribution in [0.3, 0.4) is 0 Å². The van der Waals surface area contributed by atoms with Crippen LogP contribution in [0.2, 0.25) is 0 Å². The Labute approximate surface area is 348 Å². The van der Waals surface area contributed by atoms with Crippen LogP contribution < -0.4 is 21.1 Å². The summed E-state index contributed by atoms with van der Waals surface area (Å²) in [4.78, 5) is 56.4. The van der Waals surface area contributed by atoms with E-state index in [-0.39, 0.29) is 31.5 Å². The van der Waals surface area contributed by atoms with Crippen LogP contribution in [0.5, 0.6) is 5.75 Å². The number of nitrogens with two attached hydrogens (primary N) is 1. The quantitative estimate of drug-likeness (QED) is 0.113. The summed E-state index contributed by atoms with van der Waals surface area (Å²) >= 11 is 0. The molecule has 1 aliphatic heterocycles. The van der Waals surface area contributed by atoms with E-state index in [1.165, 1.54) is 19.5 Å². The van der Waals surface area contributed by atoms with Crippen molar-refractivity contribution in [2.24, 2.45) is 11.1 Å². The number of amides is 4. The van der Waals surface area contributed by atoms with Crippen LogP contribution in [0, 0.1) is 5.41 Å². The average Bonchev–Trinajstić information content (AvgIpc) is 3.22. The number of ether oxygens (including phenoxy) is 6. The number of carbonyl (C=O) groups excluding carboxylic acids is 3. The van der Waals surface area contributed by atoms with Crippen molar-refractivity contribution in [1.29, 1.82) is 0 Å². The van der Waals surface area contributed by atoms with Crippen molar-refractivity contribution in [2.45, 2.75) is 84.1 Å². The number of rotatable bonds is 24. The van der Waals surface area contributed by atoms with Gasteiger partial charge in [-0.05, 0) is 66.0 Å². The first-order chi connectivity index (χ1) is 28.3. The number of fused-ring (bicyclic) bond motifs is 2. The molecule has 0 saturated carbocycles. The fourth-order valence-corrected chi connectivity index (χ4v) is 6.99. The summed E-state index contributed by atoms with van der Waals surface area (Å²) in [5, 5.41) is 15.6. The van der Waals surface area contributed by atoms with Crippen LogP contribution in [0.15, 0.2) is 42.5 Å². The van der Waals surface area contributed by atoms with Crippen molar-refractivity contribution in [3.8, 4) is 5.75 Å². The molecule has 5 N–H and O–H groups in total. The lowest BCUT2D eigenvalue weighted by atomic mass is 9.83. The molecule has 16 heteroatoms. The second-order valence-corrected chi connectivity index (χ2v) is 15.8. The Morgan fingerprint density at radius 2 is 1.44 bits per heavy atom. The zero-order valence-electron chi connectivity index (χ0n) is 35.4. The fraction of sp³-hybridized carbons (Fsp3) is 0.628. The van der Waals surface area contributed by atoms with Crippen molar-refractivity contribution < 1.29 is 52.7 Å². The minimum Gasteiger partial charge on any atom is -0.491 e. The summed E-state index contributed by atoms with van der Waals surface area (Å²) in [5.74, 6) is -0.734. The molecule has 16 nitrogen and oxygen atoms in total. The maximum atomic E-state index is 14.7. The van der Waals surface area contributed by atoms with E-state index < -0.39 is 41.4 Å². The van der Waals surface area contributed by atoms with Crippen molar-refractivity contribution in [1.82, 2.24) is 20.4 Å². The second-order valence-electron chi connectivity index (χ2n) is 15.8. The summed E-state index contributed by atoms with van der Waals surface area (Å²) in [6.07, 6.45) is 1.65. The molecule has 4 atom stereocenters. The molecule has 1 aliphatic carbocycles. The van der Waals surface area contributed by atoms with E-state index in [9.17, 15) is 24.3 Å². The molecule has 0 spiro atoms. The number of hydrogen-bond acceptors (Lipinski definition) is 11. The monoisotopic (exact) mass is 827 g/mol. The molecular weight excluding hydrogens is 762 g/mol. The van der Waals surface area contributed by atoms with Crippen LogP contribution in [0.25, 0.3) is 0 Å². The smallest absolute Gasteiger partial charge is 0.407 e. The third-order valence-corrected chi connectivity index (χ3v) is 10.5. The summed E-state index contributed by atoms with van der Waals surface area (Å²) in [7, 11) is 1.30. The molecule has 0 fully saturated rings. The summed E-state index contributed by atoms with van der Waals surface area (Å²) in [6, 6.07) is 10.6. The number of nitrogens with zero attached hydrogens (tertiary/aromatic N) is 2. The Hall–Kier alpha value is -4.32. The van der Waals surface area contributed by atoms with Gasteiger partial charge in [0.1, 0.15) is 30.5 Å². The fourth-order valence-electron chi connectivity index (χ4n) is 6.99. The van der Waals surface area contributed by atoms with Gasteiger partial charge in [-0.1, -0.05) is 51.1 Å². The first kappa shape index (κ1) is 47.4. The van der Waals surface area contributed by atoms with Crippen LogP contribution in [0.1, 0.15) is 68.8 Å². The number of benzene rings is 2. The molecule has 2 aromatic carbocycles. The molecule has 328 valence electrons. The van der Waals surface area contributed by atoms with Gasteiger partial charge >= 0.3 is 6.09 Å². The average molecular weight is 828 g/mol. The lowest BCUT2D eigenvalue weighted by molar-refractivity contribution is -0.147. The third kappa shape index (κ3) is 14.7. The molecule has 1 heterocycles. The Balaban J connectivity index is 1.35. The van der Waals surface area contributed by atoms with E-state index >= 15 is 0 Å². The Bertz CT molecular complexity index is 1650. The molecule has 2 aromatic rings. The van der Waals surface area contributed by atoms with Gasteiger partial charge in [0.05, 0.1) is 72.1 Å². The van der Waals surface area contributed by atoms with Crippen LogP contribution in [-0.2, 0) is 57.5 Å². The Kier molecular flexibility index (Phi) is 19.3. The SMILES string of the molecule is CC(C(=O)NC(C(=O)N1Cc2cc(OCCOCCOCCOCCOCCOCCN)ccc2C[C@H]1C(=O)N[C@@H]1CCCc2ccccc21)C(C)(C)C)N(C)C(=O)O. The standard InChI is InChI=1S/C43H65N5O11/c1-30(47(5)42(52)53)39(49)46-38(43(2,3)4)41(51)48-29-33-27-34(59-26-25-58-24-23-57-22-21-56-20-19-55-18-17-54-16-15-44)14-13-32(33)28-37(48)40(50)45-36-12-8-10-31-9-6-7-11-35(31)36/h6-7,9,11,13-14,27,30,36-38H,8,10,12,15-26,28-29,44H2,1-5H3,(H,45,50)(H,46,49)(H,52,53)/t30?,36-,37+,38?/m1/s1. The molecule has 4 rings (SSSR count). The highest BCUT2D eigenvalue weighted by molar-refractivity contribution is 5.94. The van der Waals surface area contributed by atoms with Crippen LogP contribution in [0.4, 0.5) is 4.79 Å². The number of aryl methyl sites for hydroxylation is 1. The minimum absolute atomic E-state index is 0.104. The van der Waals surface area contributed by atoms with E-state index in [1.54, 1.807) is 4.90 Å².